The molecule has 22 heavy (non-hydrogen) atoms. The molecule has 2 rings (SSSR count). The summed E-state index contributed by atoms with van der Waals surface area (Å²) >= 11 is 0. The van der Waals surface area contributed by atoms with Crippen LogP contribution in [0.15, 0.2) is 48.2 Å². The molecule has 2 aromatic rings. The Bertz CT molecular complexity index is 787. The van der Waals surface area contributed by atoms with E-state index in [0.717, 1.165) is 6.07 Å². The zero-order valence-electron chi connectivity index (χ0n) is 11.5. The van der Waals surface area contributed by atoms with Crippen LogP contribution in [0.25, 0.3) is 17.2 Å². The summed E-state index contributed by atoms with van der Waals surface area (Å²) in [4.78, 5) is 20.5. The third-order valence-corrected chi connectivity index (χ3v) is 3.03. The highest BCUT2D eigenvalue weighted by Gasteiger charge is 2.12. The zero-order valence-corrected chi connectivity index (χ0v) is 11.5. The third-order valence-electron chi connectivity index (χ3n) is 3.03. The van der Waals surface area contributed by atoms with Gasteiger partial charge in [0.25, 0.3) is 5.69 Å². The van der Waals surface area contributed by atoms with Gasteiger partial charge in [-0.1, -0.05) is 18.2 Å². The van der Waals surface area contributed by atoms with Gasteiger partial charge in [-0.2, -0.15) is 0 Å². The summed E-state index contributed by atoms with van der Waals surface area (Å²) in [5, 5.41) is 21.6. The first-order valence-electron chi connectivity index (χ1n) is 6.25. The van der Waals surface area contributed by atoms with Crippen LogP contribution < -0.4 is 0 Å². The van der Waals surface area contributed by atoms with Gasteiger partial charge in [-0.25, -0.2) is 4.39 Å². The molecule has 0 aliphatic carbocycles. The summed E-state index contributed by atoms with van der Waals surface area (Å²) in [6, 6.07) is 9.60. The Morgan fingerprint density at radius 1 is 1.14 bits per heavy atom. The summed E-state index contributed by atoms with van der Waals surface area (Å²) in [5.74, 6) is -0.545. The van der Waals surface area contributed by atoms with Gasteiger partial charge >= 0.3 is 0 Å². The number of nitro benzene ring substituents is 1. The van der Waals surface area contributed by atoms with Crippen molar-refractivity contribution in [3.05, 3.63) is 79.8 Å². The van der Waals surface area contributed by atoms with E-state index in [2.05, 4.69) is 0 Å². The summed E-state index contributed by atoms with van der Waals surface area (Å²) in [5.41, 5.74) is 0.984. The second-order valence-electron chi connectivity index (χ2n) is 4.58. The second kappa shape index (κ2) is 6.13. The summed E-state index contributed by atoms with van der Waals surface area (Å²) in [6.07, 6.45) is 1.23. The largest absolute Gasteiger partial charge is 0.270 e. The molecule has 0 aliphatic rings. The van der Waals surface area contributed by atoms with E-state index in [0.29, 0.717) is 11.1 Å². The third kappa shape index (κ3) is 3.32. The molecular formula is C15H11FN2O4. The first-order chi connectivity index (χ1) is 10.4. The monoisotopic (exact) mass is 302 g/mol. The Balaban J connectivity index is 2.61. The number of rotatable bonds is 4. The molecule has 0 N–H and O–H groups in total. The lowest BCUT2D eigenvalue weighted by Gasteiger charge is -2.07. The molecule has 0 bridgehead atoms. The molecule has 0 spiro atoms. The Hall–Kier alpha value is -3.09. The van der Waals surface area contributed by atoms with Gasteiger partial charge in [0.15, 0.2) is 0 Å². The van der Waals surface area contributed by atoms with Crippen molar-refractivity contribution in [2.75, 3.05) is 0 Å². The van der Waals surface area contributed by atoms with E-state index in [9.17, 15) is 24.6 Å². The Morgan fingerprint density at radius 2 is 1.86 bits per heavy atom. The molecule has 0 fully saturated rings. The van der Waals surface area contributed by atoms with Gasteiger partial charge in [0.2, 0.25) is 5.70 Å². The predicted molar refractivity (Wildman–Crippen MR) is 79.1 cm³/mol. The molecule has 0 unspecified atom stereocenters. The predicted octanol–water partition coefficient (Wildman–Crippen LogP) is 4.04. The van der Waals surface area contributed by atoms with E-state index in [1.165, 1.54) is 43.3 Å². The Morgan fingerprint density at radius 3 is 2.50 bits per heavy atom. The van der Waals surface area contributed by atoms with E-state index in [1.807, 2.05) is 0 Å². The fraction of sp³-hybridized carbons (Fsp3) is 0.0667. The molecule has 0 amide bonds. The van der Waals surface area contributed by atoms with E-state index in [4.69, 9.17) is 0 Å². The van der Waals surface area contributed by atoms with Crippen LogP contribution in [0.1, 0.15) is 12.5 Å². The van der Waals surface area contributed by atoms with Crippen molar-refractivity contribution in [1.29, 1.82) is 0 Å². The second-order valence-corrected chi connectivity index (χ2v) is 4.58. The van der Waals surface area contributed by atoms with Crippen molar-refractivity contribution < 1.29 is 14.2 Å². The van der Waals surface area contributed by atoms with Gasteiger partial charge in [-0.15, -0.1) is 0 Å². The minimum absolute atomic E-state index is 0.109. The van der Waals surface area contributed by atoms with E-state index >= 15 is 0 Å². The smallest absolute Gasteiger partial charge is 0.259 e. The number of hydrogen-bond acceptors (Lipinski definition) is 4. The molecule has 0 aliphatic heterocycles. The number of nitrogens with zero attached hydrogens (tertiary/aromatic N) is 2. The quantitative estimate of drug-likeness (QED) is 0.630. The highest BCUT2D eigenvalue weighted by atomic mass is 19.1. The van der Waals surface area contributed by atoms with Gasteiger partial charge in [0.05, 0.1) is 9.85 Å². The van der Waals surface area contributed by atoms with Crippen molar-refractivity contribution in [2.24, 2.45) is 0 Å². The number of halogens is 1. The van der Waals surface area contributed by atoms with Crippen LogP contribution in [0.2, 0.25) is 0 Å². The molecule has 0 saturated heterocycles. The van der Waals surface area contributed by atoms with Crippen LogP contribution in [0, 0.1) is 26.0 Å². The van der Waals surface area contributed by atoms with Gasteiger partial charge in [0.1, 0.15) is 5.82 Å². The molecule has 0 heterocycles. The van der Waals surface area contributed by atoms with Crippen molar-refractivity contribution in [3.8, 4) is 11.1 Å². The number of allylic oxidation sites excluding steroid dienone is 1. The van der Waals surface area contributed by atoms with Gasteiger partial charge in [-0.3, -0.25) is 20.2 Å². The highest BCUT2D eigenvalue weighted by molar-refractivity contribution is 5.76. The average molecular weight is 302 g/mol. The van der Waals surface area contributed by atoms with Crippen LogP contribution in [0.4, 0.5) is 10.1 Å². The maximum atomic E-state index is 13.4. The molecular weight excluding hydrogens is 291 g/mol. The Labute approximate surface area is 124 Å². The van der Waals surface area contributed by atoms with Crippen LogP contribution in [-0.2, 0) is 0 Å². The number of benzene rings is 2. The summed E-state index contributed by atoms with van der Waals surface area (Å²) in [6.45, 7) is 1.29. The van der Waals surface area contributed by atoms with E-state index in [-0.39, 0.29) is 16.9 Å². The maximum Gasteiger partial charge on any atom is 0.270 e. The molecule has 2 aromatic carbocycles. The molecule has 0 saturated carbocycles. The molecule has 0 atom stereocenters. The van der Waals surface area contributed by atoms with Gasteiger partial charge < -0.3 is 0 Å². The minimum atomic E-state index is -0.581. The molecule has 0 radical (unpaired) electrons. The van der Waals surface area contributed by atoms with Crippen LogP contribution in [0.3, 0.4) is 0 Å². The van der Waals surface area contributed by atoms with Gasteiger partial charge in [-0.05, 0) is 28.8 Å². The lowest BCUT2D eigenvalue weighted by atomic mass is 9.98. The van der Waals surface area contributed by atoms with Crippen molar-refractivity contribution >= 4 is 11.8 Å². The SMILES string of the molecule is C/C(=C\c1cc(F)ccc1-c1cccc([N+](=O)[O-])c1)[N+](=O)[O-]. The fourth-order valence-electron chi connectivity index (χ4n) is 1.98. The minimum Gasteiger partial charge on any atom is -0.259 e. The lowest BCUT2D eigenvalue weighted by Crippen LogP contribution is -1.95. The number of non-ortho nitro benzene ring substituents is 1. The van der Waals surface area contributed by atoms with Crippen LogP contribution in [0.5, 0.6) is 0 Å². The van der Waals surface area contributed by atoms with E-state index in [1.54, 1.807) is 6.07 Å². The topological polar surface area (TPSA) is 86.3 Å². The first-order valence-corrected chi connectivity index (χ1v) is 6.25. The van der Waals surface area contributed by atoms with Crippen LogP contribution in [-0.4, -0.2) is 9.85 Å². The van der Waals surface area contributed by atoms with Gasteiger partial charge in [0, 0.05) is 25.1 Å². The standard InChI is InChI=1S/C15H11FN2O4/c1-10(17(19)20)7-12-8-13(16)5-6-15(12)11-3-2-4-14(9-11)18(21)22/h2-9H,1H3/b10-7+. The van der Waals surface area contributed by atoms with Crippen molar-refractivity contribution in [3.63, 3.8) is 0 Å². The highest BCUT2D eigenvalue weighted by Crippen LogP contribution is 2.29. The maximum absolute atomic E-state index is 13.4. The normalized spacial score (nSPS) is 11.3. The molecule has 6 nitrogen and oxygen atoms in total. The molecule has 0 aromatic heterocycles. The number of nitro groups is 2. The van der Waals surface area contributed by atoms with Crippen molar-refractivity contribution in [2.45, 2.75) is 6.92 Å². The average Bonchev–Trinajstić information content (AvgIpc) is 2.47. The van der Waals surface area contributed by atoms with Crippen LogP contribution >= 0.6 is 0 Å². The summed E-state index contributed by atoms with van der Waals surface area (Å²) in [7, 11) is 0. The fourth-order valence-corrected chi connectivity index (χ4v) is 1.98. The first kappa shape index (κ1) is 15.3. The lowest BCUT2D eigenvalue weighted by molar-refractivity contribution is -0.422. The zero-order chi connectivity index (χ0) is 16.3. The summed E-state index contributed by atoms with van der Waals surface area (Å²) < 4.78 is 13.4. The van der Waals surface area contributed by atoms with Crippen molar-refractivity contribution in [1.82, 2.24) is 0 Å². The molecule has 112 valence electrons. The Kier molecular flexibility index (Phi) is 4.26. The number of hydrogen-bond donors (Lipinski definition) is 0. The van der Waals surface area contributed by atoms with E-state index < -0.39 is 15.7 Å². The molecule has 7 heteroatoms.